The van der Waals surface area contributed by atoms with E-state index in [9.17, 15) is 0 Å². The number of nitrogens with two attached hydrogens (primary N) is 1. The number of hydrogen-bond acceptors (Lipinski definition) is 3. The van der Waals surface area contributed by atoms with Crippen molar-refractivity contribution in [3.8, 4) is 5.75 Å². The molecule has 0 aromatic heterocycles. The van der Waals surface area contributed by atoms with Gasteiger partial charge in [-0.25, -0.2) is 0 Å². The fraction of sp³-hybridized carbons (Fsp3) is 0.600. The molecule has 0 heterocycles. The van der Waals surface area contributed by atoms with E-state index in [2.05, 4.69) is 37.2 Å². The maximum atomic E-state index is 6.15. The van der Waals surface area contributed by atoms with E-state index in [-0.39, 0.29) is 6.04 Å². The largest absolute Gasteiger partial charge is 0.494 e. The number of benzene rings is 1. The van der Waals surface area contributed by atoms with Gasteiger partial charge in [-0.05, 0) is 63.0 Å². The van der Waals surface area contributed by atoms with E-state index in [1.807, 2.05) is 0 Å². The first kappa shape index (κ1) is 13.4. The second kappa shape index (κ2) is 6.21. The van der Waals surface area contributed by atoms with Gasteiger partial charge in [-0.2, -0.15) is 0 Å². The summed E-state index contributed by atoms with van der Waals surface area (Å²) in [4.78, 5) is 2.17. The second-order valence-electron chi connectivity index (χ2n) is 5.36. The minimum absolute atomic E-state index is 0.194. The number of rotatable bonds is 5. The lowest BCUT2D eigenvalue weighted by Gasteiger charge is -2.22. The van der Waals surface area contributed by atoms with Crippen LogP contribution in [-0.4, -0.2) is 32.1 Å². The summed E-state index contributed by atoms with van der Waals surface area (Å²) in [7, 11) is 4.16. The molecule has 0 amide bonds. The summed E-state index contributed by atoms with van der Waals surface area (Å²) in [6.07, 6.45) is 4.51. The Labute approximate surface area is 110 Å². The van der Waals surface area contributed by atoms with Gasteiger partial charge in [0.25, 0.3) is 0 Å². The van der Waals surface area contributed by atoms with Crippen LogP contribution in [0.5, 0.6) is 5.75 Å². The number of hydrogen-bond donors (Lipinski definition) is 1. The molecule has 3 heteroatoms. The van der Waals surface area contributed by atoms with E-state index in [4.69, 9.17) is 10.5 Å². The van der Waals surface area contributed by atoms with Crippen molar-refractivity contribution in [1.82, 2.24) is 4.90 Å². The third-order valence-electron chi connectivity index (χ3n) is 3.50. The van der Waals surface area contributed by atoms with Crippen molar-refractivity contribution in [2.75, 3.05) is 27.2 Å². The maximum absolute atomic E-state index is 6.15. The zero-order valence-corrected chi connectivity index (χ0v) is 11.5. The maximum Gasteiger partial charge on any atom is 0.119 e. The third-order valence-corrected chi connectivity index (χ3v) is 3.50. The predicted octanol–water partition coefficient (Wildman–Crippen LogP) is 2.35. The Hall–Kier alpha value is -1.06. The lowest BCUT2D eigenvalue weighted by Crippen LogP contribution is -2.18. The average molecular weight is 248 g/mol. The van der Waals surface area contributed by atoms with E-state index in [0.717, 1.165) is 38.2 Å². The highest BCUT2D eigenvalue weighted by atomic mass is 16.5. The molecule has 0 aliphatic heterocycles. The van der Waals surface area contributed by atoms with Gasteiger partial charge in [0.05, 0.1) is 6.61 Å². The van der Waals surface area contributed by atoms with Crippen LogP contribution in [0.25, 0.3) is 0 Å². The van der Waals surface area contributed by atoms with E-state index in [1.54, 1.807) is 0 Å². The fourth-order valence-corrected chi connectivity index (χ4v) is 2.47. The normalized spacial score (nSPS) is 18.8. The molecule has 1 aromatic carbocycles. The highest BCUT2D eigenvalue weighted by molar-refractivity contribution is 5.39. The van der Waals surface area contributed by atoms with E-state index < -0.39 is 0 Å². The van der Waals surface area contributed by atoms with Crippen molar-refractivity contribution in [1.29, 1.82) is 0 Å². The van der Waals surface area contributed by atoms with Gasteiger partial charge in [0.15, 0.2) is 0 Å². The van der Waals surface area contributed by atoms with Crippen molar-refractivity contribution >= 4 is 0 Å². The highest BCUT2D eigenvalue weighted by Gasteiger charge is 2.17. The zero-order chi connectivity index (χ0) is 13.0. The van der Waals surface area contributed by atoms with Crippen LogP contribution >= 0.6 is 0 Å². The van der Waals surface area contributed by atoms with Gasteiger partial charge in [-0.15, -0.1) is 0 Å². The summed E-state index contributed by atoms with van der Waals surface area (Å²) in [5.41, 5.74) is 8.83. The quantitative estimate of drug-likeness (QED) is 0.813. The van der Waals surface area contributed by atoms with Crippen molar-refractivity contribution in [2.45, 2.75) is 31.7 Å². The Morgan fingerprint density at radius 3 is 3.00 bits per heavy atom. The van der Waals surface area contributed by atoms with Crippen molar-refractivity contribution in [2.24, 2.45) is 5.73 Å². The molecule has 1 aliphatic carbocycles. The molecule has 1 aromatic rings. The van der Waals surface area contributed by atoms with Crippen LogP contribution in [-0.2, 0) is 6.42 Å². The van der Waals surface area contributed by atoms with Crippen LogP contribution in [0.2, 0.25) is 0 Å². The molecule has 1 aliphatic rings. The Balaban J connectivity index is 1.92. The molecule has 1 unspecified atom stereocenters. The molecule has 0 saturated carbocycles. The summed E-state index contributed by atoms with van der Waals surface area (Å²) >= 11 is 0. The minimum Gasteiger partial charge on any atom is -0.494 e. The molecule has 100 valence electrons. The summed E-state index contributed by atoms with van der Waals surface area (Å²) in [6.45, 7) is 1.83. The molecule has 0 saturated heterocycles. The van der Waals surface area contributed by atoms with Crippen molar-refractivity contribution < 1.29 is 4.74 Å². The monoisotopic (exact) mass is 248 g/mol. The van der Waals surface area contributed by atoms with E-state index >= 15 is 0 Å². The lowest BCUT2D eigenvalue weighted by molar-refractivity contribution is 0.281. The van der Waals surface area contributed by atoms with Gasteiger partial charge >= 0.3 is 0 Å². The first-order valence-electron chi connectivity index (χ1n) is 6.83. The SMILES string of the molecule is CN(C)CCCOc1ccc2c(c1)C(N)CCC2. The number of ether oxygens (including phenoxy) is 1. The second-order valence-corrected chi connectivity index (χ2v) is 5.36. The molecule has 0 spiro atoms. The van der Waals surface area contributed by atoms with Gasteiger partial charge in [0, 0.05) is 12.6 Å². The first-order chi connectivity index (χ1) is 8.66. The summed E-state index contributed by atoms with van der Waals surface area (Å²) in [6, 6.07) is 6.58. The summed E-state index contributed by atoms with van der Waals surface area (Å²) < 4.78 is 5.79. The average Bonchev–Trinajstić information content (AvgIpc) is 2.35. The van der Waals surface area contributed by atoms with E-state index in [0.29, 0.717) is 0 Å². The Kier molecular flexibility index (Phi) is 4.61. The van der Waals surface area contributed by atoms with Crippen molar-refractivity contribution in [3.63, 3.8) is 0 Å². The molecule has 2 rings (SSSR count). The van der Waals surface area contributed by atoms with Crippen molar-refractivity contribution in [3.05, 3.63) is 29.3 Å². The van der Waals surface area contributed by atoms with Gasteiger partial charge in [-0.1, -0.05) is 6.07 Å². The number of nitrogens with zero attached hydrogens (tertiary/aromatic N) is 1. The number of aryl methyl sites for hydroxylation is 1. The van der Waals surface area contributed by atoms with Crippen LogP contribution in [0.1, 0.15) is 36.4 Å². The van der Waals surface area contributed by atoms with Gasteiger partial charge in [0.2, 0.25) is 0 Å². The number of fused-ring (bicyclic) bond motifs is 1. The molecule has 18 heavy (non-hydrogen) atoms. The van der Waals surface area contributed by atoms with Crippen LogP contribution in [0.4, 0.5) is 0 Å². The molecule has 2 N–H and O–H groups in total. The molecular formula is C15H24N2O. The van der Waals surface area contributed by atoms with Gasteiger partial charge in [-0.3, -0.25) is 0 Å². The Morgan fingerprint density at radius 1 is 1.39 bits per heavy atom. The molecule has 3 nitrogen and oxygen atoms in total. The molecule has 1 atom stereocenters. The standard InChI is InChI=1S/C15H24N2O/c1-17(2)9-4-10-18-13-8-7-12-5-3-6-15(16)14(12)11-13/h7-8,11,15H,3-6,9-10,16H2,1-2H3. The van der Waals surface area contributed by atoms with Crippen LogP contribution < -0.4 is 10.5 Å². The Bertz CT molecular complexity index is 390. The van der Waals surface area contributed by atoms with Gasteiger partial charge < -0.3 is 15.4 Å². The molecule has 0 fully saturated rings. The minimum atomic E-state index is 0.194. The molecule has 0 bridgehead atoms. The smallest absolute Gasteiger partial charge is 0.119 e. The highest BCUT2D eigenvalue weighted by Crippen LogP contribution is 2.30. The van der Waals surface area contributed by atoms with Gasteiger partial charge in [0.1, 0.15) is 5.75 Å². The fourth-order valence-electron chi connectivity index (χ4n) is 2.47. The van der Waals surface area contributed by atoms with Crippen LogP contribution in [0.15, 0.2) is 18.2 Å². The summed E-state index contributed by atoms with van der Waals surface area (Å²) in [5, 5.41) is 0. The predicted molar refractivity (Wildman–Crippen MR) is 75.0 cm³/mol. The molecular weight excluding hydrogens is 224 g/mol. The van der Waals surface area contributed by atoms with Crippen LogP contribution in [0.3, 0.4) is 0 Å². The first-order valence-corrected chi connectivity index (χ1v) is 6.83. The summed E-state index contributed by atoms with van der Waals surface area (Å²) in [5.74, 6) is 0.963. The van der Waals surface area contributed by atoms with Crippen LogP contribution in [0, 0.1) is 0 Å². The molecule has 0 radical (unpaired) electrons. The Morgan fingerprint density at radius 2 is 2.22 bits per heavy atom. The third kappa shape index (κ3) is 3.47. The topological polar surface area (TPSA) is 38.5 Å². The zero-order valence-electron chi connectivity index (χ0n) is 11.5. The van der Waals surface area contributed by atoms with E-state index in [1.165, 1.54) is 17.5 Å². The lowest BCUT2D eigenvalue weighted by atomic mass is 9.88.